The fraction of sp³-hybridized carbons (Fsp3) is 0.579. The van der Waals surface area contributed by atoms with Crippen LogP contribution < -0.4 is 5.32 Å². The molecule has 0 aromatic carbocycles. The maximum absolute atomic E-state index is 11.9. The summed E-state index contributed by atoms with van der Waals surface area (Å²) in [5.74, 6) is -3.07. The maximum Gasteiger partial charge on any atom is 0.490 e. The van der Waals surface area contributed by atoms with Gasteiger partial charge in [-0.1, -0.05) is 11.8 Å². The lowest BCUT2D eigenvalue weighted by Gasteiger charge is -2.24. The van der Waals surface area contributed by atoms with E-state index in [2.05, 4.69) is 10.4 Å². The Morgan fingerprint density at radius 3 is 2.48 bits per heavy atom. The molecular formula is C19H26F3N3O5S. The minimum atomic E-state index is -5.08. The smallest absolute Gasteiger partial charge is 0.475 e. The number of nitrogens with one attached hydrogen (secondary N) is 1. The molecule has 1 atom stereocenters. The first-order valence-corrected chi connectivity index (χ1v) is 10.2. The van der Waals surface area contributed by atoms with E-state index in [1.165, 1.54) is 11.8 Å². The third kappa shape index (κ3) is 11.0. The lowest BCUT2D eigenvalue weighted by Crippen LogP contribution is -2.32. The number of rotatable bonds is 4. The Hall–Kier alpha value is -2.34. The van der Waals surface area contributed by atoms with Gasteiger partial charge in [-0.3, -0.25) is 14.3 Å². The topological polar surface area (TPSA) is 111 Å². The average Bonchev–Trinajstić information content (AvgIpc) is 3.01. The van der Waals surface area contributed by atoms with Gasteiger partial charge in [-0.25, -0.2) is 4.79 Å². The third-order valence-electron chi connectivity index (χ3n) is 3.58. The number of carboxylic acid groups (broad SMARTS) is 1. The van der Waals surface area contributed by atoms with E-state index < -0.39 is 17.7 Å². The van der Waals surface area contributed by atoms with Crippen molar-refractivity contribution in [1.82, 2.24) is 15.1 Å². The number of aliphatic carboxylic acids is 1. The molecule has 0 saturated carbocycles. The van der Waals surface area contributed by atoms with Gasteiger partial charge in [0.1, 0.15) is 12.1 Å². The highest BCUT2D eigenvalue weighted by atomic mass is 32.2. The van der Waals surface area contributed by atoms with Crippen molar-refractivity contribution < 1.29 is 37.4 Å². The lowest BCUT2D eigenvalue weighted by molar-refractivity contribution is -0.192. The molecule has 1 aromatic rings. The molecule has 0 radical (unpaired) electrons. The molecule has 0 bridgehead atoms. The second-order valence-corrected chi connectivity index (χ2v) is 8.99. The van der Waals surface area contributed by atoms with E-state index >= 15 is 0 Å². The summed E-state index contributed by atoms with van der Waals surface area (Å²) in [6.07, 6.45) is -0.396. The van der Waals surface area contributed by atoms with Crippen molar-refractivity contribution in [1.29, 1.82) is 0 Å². The summed E-state index contributed by atoms with van der Waals surface area (Å²) in [4.78, 5) is 32.1. The SMILES string of the molecule is CC(=O)SC1CCNC/C1=C\c1ccn(CC(=O)OC(C)(C)C)n1.O=C(O)C(F)(F)F. The zero-order valence-electron chi connectivity index (χ0n) is 17.7. The molecule has 1 unspecified atom stereocenters. The van der Waals surface area contributed by atoms with Crippen LogP contribution in [0.25, 0.3) is 6.08 Å². The number of thioether (sulfide) groups is 1. The largest absolute Gasteiger partial charge is 0.490 e. The standard InChI is InChI=1S/C17H25N3O3S.C2HF3O2/c1-12(21)24-15-5-7-18-10-13(15)9-14-6-8-20(19-14)11-16(22)23-17(2,3)4;3-2(4,5)1(6)7/h6,8-9,15,18H,5,7,10-11H2,1-4H3;(H,6,7)/b13-9+;. The second-order valence-electron chi connectivity index (χ2n) is 7.61. The van der Waals surface area contributed by atoms with E-state index in [1.54, 1.807) is 17.8 Å². The molecule has 1 aromatic heterocycles. The van der Waals surface area contributed by atoms with Gasteiger partial charge in [-0.15, -0.1) is 0 Å². The number of hydrogen-bond acceptors (Lipinski definition) is 7. The molecule has 12 heteroatoms. The molecule has 0 spiro atoms. The van der Waals surface area contributed by atoms with E-state index in [1.807, 2.05) is 32.9 Å². The van der Waals surface area contributed by atoms with Crippen LogP contribution >= 0.6 is 11.8 Å². The van der Waals surface area contributed by atoms with Crippen molar-refractivity contribution in [3.63, 3.8) is 0 Å². The van der Waals surface area contributed by atoms with Crippen molar-refractivity contribution in [2.45, 2.75) is 57.7 Å². The van der Waals surface area contributed by atoms with Gasteiger partial charge in [0.05, 0.1) is 5.69 Å². The van der Waals surface area contributed by atoms with Crippen molar-refractivity contribution in [3.8, 4) is 0 Å². The molecule has 0 amide bonds. The van der Waals surface area contributed by atoms with Crippen LogP contribution in [0.4, 0.5) is 13.2 Å². The average molecular weight is 465 g/mol. The monoisotopic (exact) mass is 465 g/mol. The molecule has 2 heterocycles. The van der Waals surface area contributed by atoms with Gasteiger partial charge in [0, 0.05) is 24.9 Å². The molecule has 1 saturated heterocycles. The van der Waals surface area contributed by atoms with Crippen molar-refractivity contribution in [2.24, 2.45) is 0 Å². The minimum Gasteiger partial charge on any atom is -0.475 e. The van der Waals surface area contributed by atoms with Crippen molar-refractivity contribution in [2.75, 3.05) is 13.1 Å². The summed E-state index contributed by atoms with van der Waals surface area (Å²) in [6.45, 7) is 8.87. The Labute approximate surface area is 182 Å². The molecular weight excluding hydrogens is 439 g/mol. The fourth-order valence-electron chi connectivity index (χ4n) is 2.48. The van der Waals surface area contributed by atoms with E-state index in [4.69, 9.17) is 14.6 Å². The molecule has 174 valence electrons. The number of carboxylic acids is 1. The number of halogens is 3. The summed E-state index contributed by atoms with van der Waals surface area (Å²) < 4.78 is 38.6. The fourth-order valence-corrected chi connectivity index (χ4v) is 3.42. The molecule has 1 aliphatic rings. The molecule has 0 aliphatic carbocycles. The number of aromatic nitrogens is 2. The van der Waals surface area contributed by atoms with E-state index in [0.717, 1.165) is 30.8 Å². The Balaban J connectivity index is 0.000000592. The first-order chi connectivity index (χ1) is 14.2. The molecule has 31 heavy (non-hydrogen) atoms. The summed E-state index contributed by atoms with van der Waals surface area (Å²) >= 11 is 1.37. The number of nitrogens with zero attached hydrogens (tertiary/aromatic N) is 2. The van der Waals surface area contributed by atoms with Gasteiger partial charge in [-0.2, -0.15) is 18.3 Å². The number of piperidine rings is 1. The van der Waals surface area contributed by atoms with E-state index in [0.29, 0.717) is 0 Å². The van der Waals surface area contributed by atoms with Gasteiger partial charge < -0.3 is 15.2 Å². The van der Waals surface area contributed by atoms with Crippen LogP contribution in [0.5, 0.6) is 0 Å². The summed E-state index contributed by atoms with van der Waals surface area (Å²) in [6, 6.07) is 1.86. The molecule has 1 aliphatic heterocycles. The predicted molar refractivity (Wildman–Crippen MR) is 109 cm³/mol. The zero-order chi connectivity index (χ0) is 23.8. The molecule has 1 fully saturated rings. The Morgan fingerprint density at radius 1 is 1.35 bits per heavy atom. The third-order valence-corrected chi connectivity index (χ3v) is 4.74. The highest BCUT2D eigenvalue weighted by molar-refractivity contribution is 8.14. The summed E-state index contributed by atoms with van der Waals surface area (Å²) in [5.41, 5.74) is 1.44. The number of ether oxygens (including phenoxy) is 1. The number of carbonyl (C=O) groups is 3. The highest BCUT2D eigenvalue weighted by Gasteiger charge is 2.38. The van der Waals surface area contributed by atoms with Crippen LogP contribution in [0.1, 0.15) is 39.8 Å². The summed E-state index contributed by atoms with van der Waals surface area (Å²) in [5, 5.41) is 15.2. The van der Waals surface area contributed by atoms with Crippen LogP contribution in [-0.2, 0) is 25.7 Å². The van der Waals surface area contributed by atoms with Gasteiger partial charge in [0.25, 0.3) is 0 Å². The number of carbonyl (C=O) groups excluding carboxylic acids is 2. The van der Waals surface area contributed by atoms with Crippen LogP contribution in [0, 0.1) is 0 Å². The molecule has 8 nitrogen and oxygen atoms in total. The van der Waals surface area contributed by atoms with Gasteiger partial charge in [0.15, 0.2) is 5.12 Å². The van der Waals surface area contributed by atoms with Gasteiger partial charge in [0.2, 0.25) is 0 Å². The maximum atomic E-state index is 11.9. The molecule has 2 N–H and O–H groups in total. The first kappa shape index (κ1) is 26.7. The summed E-state index contributed by atoms with van der Waals surface area (Å²) in [7, 11) is 0. The van der Waals surface area contributed by atoms with Crippen molar-refractivity contribution >= 4 is 34.9 Å². The van der Waals surface area contributed by atoms with Crippen LogP contribution in [0.2, 0.25) is 0 Å². The van der Waals surface area contributed by atoms with E-state index in [9.17, 15) is 22.8 Å². The Morgan fingerprint density at radius 2 is 1.97 bits per heavy atom. The lowest BCUT2D eigenvalue weighted by atomic mass is 10.0. The Kier molecular flexibility index (Phi) is 9.75. The molecule has 2 rings (SSSR count). The number of esters is 1. The first-order valence-electron chi connectivity index (χ1n) is 9.31. The van der Waals surface area contributed by atoms with Crippen LogP contribution in [0.15, 0.2) is 17.8 Å². The predicted octanol–water partition coefficient (Wildman–Crippen LogP) is 2.88. The van der Waals surface area contributed by atoms with Crippen LogP contribution in [-0.4, -0.2) is 62.1 Å². The van der Waals surface area contributed by atoms with Gasteiger partial charge >= 0.3 is 18.1 Å². The number of alkyl halides is 3. The highest BCUT2D eigenvalue weighted by Crippen LogP contribution is 2.26. The van der Waals surface area contributed by atoms with E-state index in [-0.39, 0.29) is 22.9 Å². The number of hydrogen-bond donors (Lipinski definition) is 2. The second kappa shape index (κ2) is 11.3. The minimum absolute atomic E-state index is 0.0876. The van der Waals surface area contributed by atoms with Gasteiger partial charge in [-0.05, 0) is 51.5 Å². The Bertz CT molecular complexity index is 815. The quantitative estimate of drug-likeness (QED) is 0.653. The van der Waals surface area contributed by atoms with Crippen molar-refractivity contribution in [3.05, 3.63) is 23.5 Å². The normalized spacial score (nSPS) is 18.2. The van der Waals surface area contributed by atoms with Crippen LogP contribution in [0.3, 0.4) is 0 Å². The zero-order valence-corrected chi connectivity index (χ0v) is 18.5.